The smallest absolute Gasteiger partial charge is 0.318 e. The number of amides is 2. The van der Waals surface area contributed by atoms with Gasteiger partial charge in [-0.1, -0.05) is 34.6 Å². The molecule has 5 fully saturated rings. The van der Waals surface area contributed by atoms with Crippen LogP contribution in [0.15, 0.2) is 11.1 Å². The Bertz CT molecular complexity index is 1110. The maximum Gasteiger partial charge on any atom is 0.318 e. The van der Waals surface area contributed by atoms with Gasteiger partial charge in [-0.3, -0.25) is 9.59 Å². The Morgan fingerprint density at radius 1 is 0.950 bits per heavy atom. The van der Waals surface area contributed by atoms with Gasteiger partial charge in [-0.2, -0.15) is 0 Å². The number of ether oxygens (including phenoxy) is 1. The average Bonchev–Trinajstić information content (AvgIpc) is 3.51. The third-order valence-electron chi connectivity index (χ3n) is 13.2. The number of carbonyl (C=O) groups excluding carboxylic acids is 3. The van der Waals surface area contributed by atoms with Crippen LogP contribution in [0.25, 0.3) is 0 Å². The molecule has 0 spiro atoms. The number of esters is 1. The lowest BCUT2D eigenvalue weighted by atomic mass is 9.38. The second kappa shape index (κ2) is 9.87. The van der Waals surface area contributed by atoms with Crippen molar-refractivity contribution >= 4 is 17.8 Å². The predicted molar refractivity (Wildman–Crippen MR) is 155 cm³/mol. The normalized spacial score (nSPS) is 44.6. The van der Waals surface area contributed by atoms with Gasteiger partial charge in [0, 0.05) is 26.4 Å². The van der Waals surface area contributed by atoms with Gasteiger partial charge in [0.1, 0.15) is 6.10 Å². The standard InChI is InChI=1S/C34H52N2O4/c1-20(2)29-26(38)19-34(35-31(39)36-17-7-8-18-36)16-12-25-23(30(29)34)9-10-28-32(5)15-13-27(40-22(4)37)21(3)24(32)11-14-33(25,28)6/h20-21,23-25,27-28H,7-19H2,1-6H3,(H,35,39). The van der Waals surface area contributed by atoms with E-state index in [2.05, 4.69) is 39.9 Å². The van der Waals surface area contributed by atoms with E-state index in [-0.39, 0.29) is 40.6 Å². The van der Waals surface area contributed by atoms with Crippen molar-refractivity contribution in [1.29, 1.82) is 0 Å². The van der Waals surface area contributed by atoms with Gasteiger partial charge in [-0.15, -0.1) is 0 Å². The van der Waals surface area contributed by atoms with E-state index in [4.69, 9.17) is 4.74 Å². The minimum Gasteiger partial charge on any atom is -0.462 e. The maximum atomic E-state index is 13.7. The third-order valence-corrected chi connectivity index (χ3v) is 13.2. The molecule has 2 amide bonds. The molecular weight excluding hydrogens is 500 g/mol. The van der Waals surface area contributed by atoms with Crippen LogP contribution in [0.5, 0.6) is 0 Å². The molecule has 1 heterocycles. The molecule has 0 bridgehead atoms. The van der Waals surface area contributed by atoms with E-state index >= 15 is 0 Å². The summed E-state index contributed by atoms with van der Waals surface area (Å²) in [6.07, 6.45) is 11.4. The number of nitrogens with one attached hydrogen (secondary N) is 1. The SMILES string of the molecule is CC(=O)OC1CCC2(C)C(CCC3(C)C4CCC5(NC(=O)N6CCCC6)CC(=O)C(C(C)C)=C5C4CCC32)C1C. The van der Waals surface area contributed by atoms with Gasteiger partial charge in [-0.05, 0) is 122 Å². The van der Waals surface area contributed by atoms with Crippen molar-refractivity contribution in [2.24, 2.45) is 46.3 Å². The van der Waals surface area contributed by atoms with Gasteiger partial charge in [0.05, 0.1) is 5.54 Å². The first-order valence-corrected chi connectivity index (χ1v) is 16.4. The van der Waals surface area contributed by atoms with Gasteiger partial charge in [0.25, 0.3) is 0 Å². The van der Waals surface area contributed by atoms with Gasteiger partial charge < -0.3 is 15.0 Å². The highest BCUT2D eigenvalue weighted by molar-refractivity contribution is 6.02. The van der Waals surface area contributed by atoms with E-state index in [9.17, 15) is 14.4 Å². The third kappa shape index (κ3) is 4.12. The lowest BCUT2D eigenvalue weighted by Gasteiger charge is -2.67. The molecule has 0 aromatic carbocycles. The van der Waals surface area contributed by atoms with E-state index in [1.807, 2.05) is 4.90 Å². The molecule has 9 unspecified atom stereocenters. The monoisotopic (exact) mass is 552 g/mol. The van der Waals surface area contributed by atoms with Crippen molar-refractivity contribution in [3.8, 4) is 0 Å². The molecule has 0 aromatic heterocycles. The number of rotatable bonds is 3. The van der Waals surface area contributed by atoms with Crippen LogP contribution in [0.2, 0.25) is 0 Å². The minimum absolute atomic E-state index is 0.0395. The number of ketones is 1. The molecule has 0 radical (unpaired) electrons. The summed E-state index contributed by atoms with van der Waals surface area (Å²) < 4.78 is 5.80. The fourth-order valence-electron chi connectivity index (χ4n) is 11.6. The lowest BCUT2D eigenvalue weighted by molar-refractivity contribution is -0.188. The van der Waals surface area contributed by atoms with Crippen LogP contribution in [-0.4, -0.2) is 47.4 Å². The maximum absolute atomic E-state index is 13.7. The number of hydrogen-bond donors (Lipinski definition) is 1. The van der Waals surface area contributed by atoms with Crippen LogP contribution in [0.1, 0.15) is 112 Å². The molecule has 40 heavy (non-hydrogen) atoms. The molecular formula is C34H52N2O4. The molecule has 6 rings (SSSR count). The van der Waals surface area contributed by atoms with Crippen molar-refractivity contribution in [3.63, 3.8) is 0 Å². The number of allylic oxidation sites excluding steroid dienone is 1. The molecule has 0 aromatic rings. The largest absolute Gasteiger partial charge is 0.462 e. The number of hydrogen-bond acceptors (Lipinski definition) is 4. The van der Waals surface area contributed by atoms with Gasteiger partial charge in [-0.25, -0.2) is 4.79 Å². The second-order valence-electron chi connectivity index (χ2n) is 15.4. The molecule has 4 saturated carbocycles. The summed E-state index contributed by atoms with van der Waals surface area (Å²) in [5.74, 6) is 2.87. The summed E-state index contributed by atoms with van der Waals surface area (Å²) in [5, 5.41) is 3.51. The highest BCUT2D eigenvalue weighted by Crippen LogP contribution is 2.70. The molecule has 1 saturated heterocycles. The summed E-state index contributed by atoms with van der Waals surface area (Å²) in [6, 6.07) is 0.0395. The Kier molecular flexibility index (Phi) is 6.97. The predicted octanol–water partition coefficient (Wildman–Crippen LogP) is 6.68. The first-order valence-electron chi connectivity index (χ1n) is 16.4. The van der Waals surface area contributed by atoms with Crippen molar-refractivity contribution in [2.45, 2.75) is 124 Å². The number of carbonyl (C=O) groups is 3. The number of nitrogens with zero attached hydrogens (tertiary/aromatic N) is 1. The first kappa shape index (κ1) is 28.3. The van der Waals surface area contributed by atoms with E-state index in [0.29, 0.717) is 36.0 Å². The molecule has 9 atom stereocenters. The second-order valence-corrected chi connectivity index (χ2v) is 15.4. The molecule has 1 aliphatic heterocycles. The fourth-order valence-corrected chi connectivity index (χ4v) is 11.6. The Morgan fingerprint density at radius 3 is 2.27 bits per heavy atom. The lowest BCUT2D eigenvalue weighted by Crippen LogP contribution is -2.63. The summed E-state index contributed by atoms with van der Waals surface area (Å²) >= 11 is 0. The van der Waals surface area contributed by atoms with Crippen LogP contribution in [0.3, 0.4) is 0 Å². The van der Waals surface area contributed by atoms with Crippen molar-refractivity contribution in [3.05, 3.63) is 11.1 Å². The number of likely N-dealkylation sites (tertiary alicyclic amines) is 1. The molecule has 1 N–H and O–H groups in total. The van der Waals surface area contributed by atoms with Crippen molar-refractivity contribution in [1.82, 2.24) is 10.2 Å². The summed E-state index contributed by atoms with van der Waals surface area (Å²) in [5.41, 5.74) is 2.36. The van der Waals surface area contributed by atoms with E-state index in [0.717, 1.165) is 63.6 Å². The van der Waals surface area contributed by atoms with Gasteiger partial charge >= 0.3 is 12.0 Å². The van der Waals surface area contributed by atoms with Crippen LogP contribution >= 0.6 is 0 Å². The zero-order valence-electron chi connectivity index (χ0n) is 25.8. The molecule has 222 valence electrons. The highest BCUT2D eigenvalue weighted by Gasteiger charge is 2.65. The van der Waals surface area contributed by atoms with E-state index in [1.165, 1.54) is 24.8 Å². The van der Waals surface area contributed by atoms with Gasteiger partial charge in [0.15, 0.2) is 5.78 Å². The fraction of sp³-hybridized carbons (Fsp3) is 0.853. The van der Waals surface area contributed by atoms with E-state index in [1.54, 1.807) is 6.92 Å². The topological polar surface area (TPSA) is 75.7 Å². The Labute approximate surface area is 241 Å². The molecule has 6 nitrogen and oxygen atoms in total. The number of fused-ring (bicyclic) bond motifs is 7. The van der Waals surface area contributed by atoms with Gasteiger partial charge in [0.2, 0.25) is 0 Å². The highest BCUT2D eigenvalue weighted by atomic mass is 16.5. The van der Waals surface area contributed by atoms with E-state index < -0.39 is 5.54 Å². The Morgan fingerprint density at radius 2 is 1.60 bits per heavy atom. The summed E-state index contributed by atoms with van der Waals surface area (Å²) in [7, 11) is 0. The van der Waals surface area contributed by atoms with Crippen molar-refractivity contribution < 1.29 is 19.1 Å². The first-order chi connectivity index (χ1) is 18.9. The van der Waals surface area contributed by atoms with Crippen molar-refractivity contribution in [2.75, 3.05) is 13.1 Å². The quantitative estimate of drug-likeness (QED) is 0.397. The molecule has 6 aliphatic rings. The zero-order valence-corrected chi connectivity index (χ0v) is 25.8. The summed E-state index contributed by atoms with van der Waals surface area (Å²) in [6.45, 7) is 15.0. The summed E-state index contributed by atoms with van der Waals surface area (Å²) in [4.78, 5) is 40.9. The zero-order chi connectivity index (χ0) is 28.6. The minimum atomic E-state index is -0.488. The van der Waals surface area contributed by atoms with Crippen LogP contribution < -0.4 is 5.32 Å². The molecule has 5 aliphatic carbocycles. The molecule has 6 heteroatoms. The Hall–Kier alpha value is -1.85. The van der Waals surface area contributed by atoms with Crippen LogP contribution in [0, 0.1) is 46.3 Å². The Balaban J connectivity index is 1.32. The van der Waals surface area contributed by atoms with Crippen LogP contribution in [-0.2, 0) is 14.3 Å². The number of urea groups is 1. The number of Topliss-reactive ketones (excluding diaryl/α,β-unsaturated/α-hetero) is 1. The van der Waals surface area contributed by atoms with Crippen LogP contribution in [0.4, 0.5) is 4.79 Å². The average molecular weight is 553 g/mol.